The van der Waals surface area contributed by atoms with Crippen LogP contribution in [0.1, 0.15) is 34.1 Å². The molecule has 5 aromatic rings. The maximum atomic E-state index is 13.6. The number of imidazole rings is 1. The molecule has 2 aromatic carbocycles. The molecule has 3 heterocycles. The van der Waals surface area contributed by atoms with Crippen LogP contribution in [0.2, 0.25) is 0 Å². The van der Waals surface area contributed by atoms with Crippen LogP contribution in [0.4, 0.5) is 30.5 Å². The van der Waals surface area contributed by atoms with E-state index in [4.69, 9.17) is 0 Å². The van der Waals surface area contributed by atoms with Crippen LogP contribution < -0.4 is 10.6 Å². The van der Waals surface area contributed by atoms with Gasteiger partial charge in [-0.1, -0.05) is 13.0 Å². The van der Waals surface area contributed by atoms with Crippen LogP contribution in [-0.4, -0.2) is 30.4 Å². The highest BCUT2D eigenvalue weighted by Crippen LogP contribution is 2.33. The van der Waals surface area contributed by atoms with Gasteiger partial charge in [0, 0.05) is 53.0 Å². The number of halogens is 3. The summed E-state index contributed by atoms with van der Waals surface area (Å²) in [4.78, 5) is 30.2. The van der Waals surface area contributed by atoms with Crippen LogP contribution in [0, 0.1) is 6.92 Å². The number of nitrogens with zero attached hydrogens (tertiary/aromatic N) is 5. The van der Waals surface area contributed by atoms with Crippen LogP contribution in [0.15, 0.2) is 85.7 Å². The minimum absolute atomic E-state index is 0.00256. The van der Waals surface area contributed by atoms with E-state index in [1.807, 2.05) is 19.1 Å². The van der Waals surface area contributed by atoms with Gasteiger partial charge >= 0.3 is 6.18 Å². The molecule has 0 atom stereocenters. The van der Waals surface area contributed by atoms with Crippen LogP contribution >= 0.6 is 0 Å². The van der Waals surface area contributed by atoms with Gasteiger partial charge in [0.1, 0.15) is 0 Å². The van der Waals surface area contributed by atoms with Gasteiger partial charge in [-0.2, -0.15) is 13.2 Å². The molecule has 0 fully saturated rings. The molecule has 5 rings (SSSR count). The van der Waals surface area contributed by atoms with Crippen LogP contribution in [0.3, 0.4) is 0 Å². The Kier molecular flexibility index (Phi) is 7.28. The largest absolute Gasteiger partial charge is 0.416 e. The van der Waals surface area contributed by atoms with E-state index < -0.39 is 17.6 Å². The molecule has 3 aromatic heterocycles. The minimum Gasteiger partial charge on any atom is -0.324 e. The summed E-state index contributed by atoms with van der Waals surface area (Å²) in [6.45, 7) is 3.70. The number of aromatic nitrogens is 5. The lowest BCUT2D eigenvalue weighted by Crippen LogP contribution is -2.14. The van der Waals surface area contributed by atoms with Gasteiger partial charge < -0.3 is 15.2 Å². The Bertz CT molecular complexity index is 1670. The van der Waals surface area contributed by atoms with E-state index in [0.717, 1.165) is 23.3 Å². The summed E-state index contributed by atoms with van der Waals surface area (Å²) in [6, 6.07) is 13.9. The highest BCUT2D eigenvalue weighted by Gasteiger charge is 2.31. The number of hydrogen-bond acceptors (Lipinski definition) is 6. The molecule has 0 unspecified atom stereocenters. The molecule has 0 saturated heterocycles. The van der Waals surface area contributed by atoms with E-state index >= 15 is 0 Å². The number of rotatable bonds is 7. The fraction of sp³-hybridized carbons (Fsp3) is 0.138. The minimum atomic E-state index is -4.60. The normalized spacial score (nSPS) is 11.3. The second-order valence-electron chi connectivity index (χ2n) is 9.00. The number of hydrogen-bond donors (Lipinski definition) is 2. The van der Waals surface area contributed by atoms with Gasteiger partial charge in [0.15, 0.2) is 0 Å². The molecule has 1 amide bonds. The summed E-state index contributed by atoms with van der Waals surface area (Å²) >= 11 is 0. The zero-order chi connectivity index (χ0) is 28.3. The lowest BCUT2D eigenvalue weighted by molar-refractivity contribution is -0.137. The molecule has 40 heavy (non-hydrogen) atoms. The van der Waals surface area contributed by atoms with Crippen molar-refractivity contribution in [1.29, 1.82) is 0 Å². The molecule has 8 nitrogen and oxygen atoms in total. The van der Waals surface area contributed by atoms with Gasteiger partial charge in [0.05, 0.1) is 23.3 Å². The maximum Gasteiger partial charge on any atom is 0.416 e. The van der Waals surface area contributed by atoms with Gasteiger partial charge in [0.2, 0.25) is 5.95 Å². The van der Waals surface area contributed by atoms with E-state index in [1.165, 1.54) is 17.0 Å². The highest BCUT2D eigenvalue weighted by molar-refractivity contribution is 6.05. The first kappa shape index (κ1) is 26.5. The van der Waals surface area contributed by atoms with Gasteiger partial charge in [0.25, 0.3) is 5.91 Å². The van der Waals surface area contributed by atoms with Crippen molar-refractivity contribution in [2.24, 2.45) is 0 Å². The molecule has 0 aliphatic heterocycles. The quantitative estimate of drug-likeness (QED) is 0.240. The van der Waals surface area contributed by atoms with Crippen molar-refractivity contribution in [3.63, 3.8) is 0 Å². The Hall–Kier alpha value is -5.06. The molecule has 0 saturated carbocycles. The van der Waals surface area contributed by atoms with Crippen molar-refractivity contribution in [2.45, 2.75) is 26.4 Å². The molecule has 0 spiro atoms. The summed E-state index contributed by atoms with van der Waals surface area (Å²) in [5.74, 6) is -0.241. The number of anilines is 3. The van der Waals surface area contributed by atoms with Gasteiger partial charge in [-0.15, -0.1) is 0 Å². The predicted molar refractivity (Wildman–Crippen MR) is 146 cm³/mol. The number of carbonyl (C=O) groups excluding carboxylic acids is 1. The summed E-state index contributed by atoms with van der Waals surface area (Å²) in [6.07, 6.45) is 4.07. The molecular formula is C29H24F3N7O. The van der Waals surface area contributed by atoms with Crippen molar-refractivity contribution in [1.82, 2.24) is 24.5 Å². The third-order valence-corrected chi connectivity index (χ3v) is 6.13. The number of benzene rings is 2. The molecule has 202 valence electrons. The lowest BCUT2D eigenvalue weighted by atomic mass is 10.1. The second-order valence-corrected chi connectivity index (χ2v) is 9.00. The molecule has 11 heteroatoms. The van der Waals surface area contributed by atoms with E-state index in [1.54, 1.807) is 56.0 Å². The number of pyridine rings is 1. The zero-order valence-electron chi connectivity index (χ0n) is 21.6. The van der Waals surface area contributed by atoms with Crippen molar-refractivity contribution < 1.29 is 18.0 Å². The molecule has 0 aliphatic carbocycles. The SMILES string of the molecule is CCc1ccc(C(=O)Nc2cc(-n3cnc(C)c3)cc(C(F)(F)F)c2)cc1Nc1nccc(-c2cccnc2)n1. The first-order valence-corrected chi connectivity index (χ1v) is 12.4. The molecule has 2 N–H and O–H groups in total. The smallest absolute Gasteiger partial charge is 0.324 e. The Morgan fingerprint density at radius 3 is 2.58 bits per heavy atom. The Labute approximate surface area is 228 Å². The standard InChI is InChI=1S/C29H24F3N7O/c1-3-19-6-7-20(11-26(19)38-28-34-10-8-25(37-28)21-5-4-9-33-15-21)27(40)36-23-12-22(29(30,31)32)13-24(14-23)39-16-18(2)35-17-39/h4-17H,3H2,1-2H3,(H,36,40)(H,34,37,38). The average Bonchev–Trinajstić information content (AvgIpc) is 3.39. The lowest BCUT2D eigenvalue weighted by Gasteiger charge is -2.15. The van der Waals surface area contributed by atoms with Crippen molar-refractivity contribution in [2.75, 3.05) is 10.6 Å². The van der Waals surface area contributed by atoms with Crippen molar-refractivity contribution in [3.8, 4) is 16.9 Å². The zero-order valence-corrected chi connectivity index (χ0v) is 21.6. The van der Waals surface area contributed by atoms with Crippen molar-refractivity contribution in [3.05, 3.63) is 108 Å². The topological polar surface area (TPSA) is 97.6 Å². The van der Waals surface area contributed by atoms with E-state index in [-0.39, 0.29) is 16.9 Å². The second kappa shape index (κ2) is 11.0. The highest BCUT2D eigenvalue weighted by atomic mass is 19.4. The molecule has 0 radical (unpaired) electrons. The molecule has 0 bridgehead atoms. The fourth-order valence-corrected chi connectivity index (χ4v) is 4.12. The molecule has 0 aliphatic rings. The number of amides is 1. The number of carbonyl (C=O) groups is 1. The fourth-order valence-electron chi connectivity index (χ4n) is 4.12. The monoisotopic (exact) mass is 543 g/mol. The maximum absolute atomic E-state index is 13.6. The Morgan fingerprint density at radius 2 is 1.88 bits per heavy atom. The Balaban J connectivity index is 1.43. The van der Waals surface area contributed by atoms with Gasteiger partial charge in [-0.05, 0) is 67.4 Å². The van der Waals surface area contributed by atoms with Gasteiger partial charge in [-0.3, -0.25) is 9.78 Å². The third-order valence-electron chi connectivity index (χ3n) is 6.13. The molecular weight excluding hydrogens is 519 g/mol. The summed E-state index contributed by atoms with van der Waals surface area (Å²) in [5.41, 5.74) is 3.24. The third kappa shape index (κ3) is 5.98. The Morgan fingerprint density at radius 1 is 1.02 bits per heavy atom. The first-order valence-electron chi connectivity index (χ1n) is 12.4. The van der Waals surface area contributed by atoms with E-state index in [2.05, 4.69) is 30.6 Å². The van der Waals surface area contributed by atoms with Crippen LogP contribution in [0.25, 0.3) is 16.9 Å². The summed E-state index contributed by atoms with van der Waals surface area (Å²) in [7, 11) is 0. The summed E-state index contributed by atoms with van der Waals surface area (Å²) < 4.78 is 42.4. The number of nitrogens with one attached hydrogen (secondary N) is 2. The van der Waals surface area contributed by atoms with E-state index in [0.29, 0.717) is 29.4 Å². The van der Waals surface area contributed by atoms with Crippen LogP contribution in [0.5, 0.6) is 0 Å². The first-order chi connectivity index (χ1) is 19.2. The van der Waals surface area contributed by atoms with Gasteiger partial charge in [-0.25, -0.2) is 15.0 Å². The average molecular weight is 544 g/mol. The number of alkyl halides is 3. The summed E-state index contributed by atoms with van der Waals surface area (Å²) in [5, 5.41) is 5.78. The van der Waals surface area contributed by atoms with Crippen LogP contribution in [-0.2, 0) is 12.6 Å². The van der Waals surface area contributed by atoms with Crippen molar-refractivity contribution >= 4 is 23.2 Å². The van der Waals surface area contributed by atoms with E-state index in [9.17, 15) is 18.0 Å². The predicted octanol–water partition coefficient (Wildman–Crippen LogP) is 6.61. The number of aryl methyl sites for hydroxylation is 2.